The van der Waals surface area contributed by atoms with Crippen LogP contribution in [-0.2, 0) is 13.0 Å². The molecule has 0 radical (unpaired) electrons. The number of halogens is 2. The average Bonchev–Trinajstić information content (AvgIpc) is 2.76. The Hall–Kier alpha value is -1.46. The van der Waals surface area contributed by atoms with E-state index in [4.69, 9.17) is 23.2 Å². The summed E-state index contributed by atoms with van der Waals surface area (Å²) in [5, 5.41) is 4.70. The molecule has 0 saturated heterocycles. The molecule has 0 aromatic heterocycles. The number of rotatable bonds is 13. The van der Waals surface area contributed by atoms with Gasteiger partial charge in [0.1, 0.15) is 0 Å². The SMILES string of the molecule is CCCCCCCCCCC#Cc1ccc(CNCCc2ccc(Cl)c(Cl)c2)cc1. The van der Waals surface area contributed by atoms with E-state index >= 15 is 0 Å². The molecule has 0 aliphatic carbocycles. The highest BCUT2D eigenvalue weighted by atomic mass is 35.5. The molecule has 0 amide bonds. The Morgan fingerprint density at radius 1 is 0.767 bits per heavy atom. The maximum absolute atomic E-state index is 6.06. The van der Waals surface area contributed by atoms with Crippen molar-refractivity contribution in [1.82, 2.24) is 5.32 Å². The number of hydrogen-bond acceptors (Lipinski definition) is 1. The number of benzene rings is 2. The minimum Gasteiger partial charge on any atom is -0.312 e. The fourth-order valence-corrected chi connectivity index (χ4v) is 3.70. The van der Waals surface area contributed by atoms with Gasteiger partial charge in [0.05, 0.1) is 10.0 Å². The summed E-state index contributed by atoms with van der Waals surface area (Å²) < 4.78 is 0. The summed E-state index contributed by atoms with van der Waals surface area (Å²) in [4.78, 5) is 0. The minimum absolute atomic E-state index is 0.606. The normalized spacial score (nSPS) is 10.6. The van der Waals surface area contributed by atoms with Crippen molar-refractivity contribution in [2.45, 2.75) is 77.7 Å². The van der Waals surface area contributed by atoms with Gasteiger partial charge in [-0.15, -0.1) is 0 Å². The van der Waals surface area contributed by atoms with Gasteiger partial charge in [0, 0.05) is 18.5 Å². The van der Waals surface area contributed by atoms with Gasteiger partial charge < -0.3 is 5.32 Å². The Labute approximate surface area is 193 Å². The lowest BCUT2D eigenvalue weighted by molar-refractivity contribution is 0.579. The van der Waals surface area contributed by atoms with Gasteiger partial charge in [-0.3, -0.25) is 0 Å². The molecule has 2 aromatic carbocycles. The van der Waals surface area contributed by atoms with Crippen LogP contribution in [0.3, 0.4) is 0 Å². The molecule has 0 heterocycles. The standard InChI is InChI=1S/C27H35Cl2N/c1-2-3-4-5-6-7-8-9-10-11-12-23-13-15-25(16-14-23)22-30-20-19-24-17-18-26(28)27(29)21-24/h13-18,21,30H,2-10,19-20,22H2,1H3. The molecule has 1 N–H and O–H groups in total. The van der Waals surface area contributed by atoms with Crippen LogP contribution in [0.25, 0.3) is 0 Å². The molecule has 1 nitrogen and oxygen atoms in total. The number of unbranched alkanes of at least 4 members (excludes halogenated alkanes) is 8. The first-order valence-electron chi connectivity index (χ1n) is 11.4. The summed E-state index contributed by atoms with van der Waals surface area (Å²) in [6.07, 6.45) is 12.7. The second-order valence-electron chi connectivity index (χ2n) is 7.90. The first-order chi connectivity index (χ1) is 14.7. The van der Waals surface area contributed by atoms with Crippen molar-refractivity contribution in [3.63, 3.8) is 0 Å². The topological polar surface area (TPSA) is 12.0 Å². The maximum atomic E-state index is 6.06. The third-order valence-electron chi connectivity index (χ3n) is 5.25. The summed E-state index contributed by atoms with van der Waals surface area (Å²) in [6, 6.07) is 14.4. The molecule has 0 aliphatic rings. The van der Waals surface area contributed by atoms with Gasteiger partial charge in [0.25, 0.3) is 0 Å². The summed E-state index contributed by atoms with van der Waals surface area (Å²) in [5.74, 6) is 6.62. The van der Waals surface area contributed by atoms with E-state index in [1.807, 2.05) is 18.2 Å². The van der Waals surface area contributed by atoms with Gasteiger partial charge in [0.15, 0.2) is 0 Å². The second-order valence-corrected chi connectivity index (χ2v) is 8.71. The lowest BCUT2D eigenvalue weighted by Gasteiger charge is -2.06. The molecule has 0 atom stereocenters. The summed E-state index contributed by atoms with van der Waals surface area (Å²) in [6.45, 7) is 4.02. The van der Waals surface area contributed by atoms with Crippen LogP contribution in [0.15, 0.2) is 42.5 Å². The van der Waals surface area contributed by atoms with Gasteiger partial charge in [-0.25, -0.2) is 0 Å². The van der Waals surface area contributed by atoms with Crippen LogP contribution in [0.5, 0.6) is 0 Å². The monoisotopic (exact) mass is 443 g/mol. The molecule has 162 valence electrons. The van der Waals surface area contributed by atoms with E-state index in [9.17, 15) is 0 Å². The predicted octanol–water partition coefficient (Wildman–Crippen LogP) is 8.21. The highest BCUT2D eigenvalue weighted by Crippen LogP contribution is 2.22. The van der Waals surface area contributed by atoms with Crippen molar-refractivity contribution in [3.05, 3.63) is 69.2 Å². The van der Waals surface area contributed by atoms with E-state index in [0.29, 0.717) is 10.0 Å². The van der Waals surface area contributed by atoms with Crippen LogP contribution in [0.2, 0.25) is 10.0 Å². The fraction of sp³-hybridized carbons (Fsp3) is 0.481. The quantitative estimate of drug-likeness (QED) is 0.242. The Bertz CT molecular complexity index is 787. The summed E-state index contributed by atoms with van der Waals surface area (Å²) >= 11 is 12.0. The summed E-state index contributed by atoms with van der Waals surface area (Å²) in [5.41, 5.74) is 3.57. The van der Waals surface area contributed by atoms with Crippen LogP contribution < -0.4 is 5.32 Å². The molecule has 0 fully saturated rings. The first-order valence-corrected chi connectivity index (χ1v) is 12.2. The van der Waals surface area contributed by atoms with E-state index in [-0.39, 0.29) is 0 Å². The molecule has 3 heteroatoms. The van der Waals surface area contributed by atoms with Gasteiger partial charge in [-0.05, 0) is 54.8 Å². The van der Waals surface area contributed by atoms with E-state index in [1.165, 1.54) is 62.5 Å². The molecule has 30 heavy (non-hydrogen) atoms. The Balaban J connectivity index is 1.57. The lowest BCUT2D eigenvalue weighted by atomic mass is 10.1. The number of hydrogen-bond donors (Lipinski definition) is 1. The Kier molecular flexibility index (Phi) is 12.7. The van der Waals surface area contributed by atoms with Crippen LogP contribution in [0.1, 0.15) is 81.4 Å². The van der Waals surface area contributed by atoms with Crippen molar-refractivity contribution < 1.29 is 0 Å². The van der Waals surface area contributed by atoms with Crippen molar-refractivity contribution in [1.29, 1.82) is 0 Å². The zero-order chi connectivity index (χ0) is 21.4. The van der Waals surface area contributed by atoms with E-state index < -0.39 is 0 Å². The van der Waals surface area contributed by atoms with Crippen LogP contribution >= 0.6 is 23.2 Å². The van der Waals surface area contributed by atoms with Crippen molar-refractivity contribution in [3.8, 4) is 11.8 Å². The van der Waals surface area contributed by atoms with Gasteiger partial charge in [-0.1, -0.05) is 105 Å². The third-order valence-corrected chi connectivity index (χ3v) is 5.98. The zero-order valence-electron chi connectivity index (χ0n) is 18.3. The molecule has 2 rings (SSSR count). The minimum atomic E-state index is 0.606. The smallest absolute Gasteiger partial charge is 0.0595 e. The Morgan fingerprint density at radius 3 is 2.13 bits per heavy atom. The van der Waals surface area contributed by atoms with Gasteiger partial charge in [-0.2, -0.15) is 0 Å². The highest BCUT2D eigenvalue weighted by molar-refractivity contribution is 6.42. The summed E-state index contributed by atoms with van der Waals surface area (Å²) in [7, 11) is 0. The molecule has 0 aliphatic heterocycles. The largest absolute Gasteiger partial charge is 0.312 e. The van der Waals surface area contributed by atoms with Crippen LogP contribution in [-0.4, -0.2) is 6.54 Å². The van der Waals surface area contributed by atoms with Gasteiger partial charge in [0.2, 0.25) is 0 Å². The van der Waals surface area contributed by atoms with E-state index in [0.717, 1.165) is 31.5 Å². The average molecular weight is 444 g/mol. The first kappa shape index (κ1) is 24.8. The molecule has 0 saturated carbocycles. The molecule has 0 bridgehead atoms. The van der Waals surface area contributed by atoms with Crippen molar-refractivity contribution >= 4 is 23.2 Å². The molecule has 0 unspecified atom stereocenters. The van der Waals surface area contributed by atoms with E-state index in [1.54, 1.807) is 0 Å². The fourth-order valence-electron chi connectivity index (χ4n) is 3.38. The predicted molar refractivity (Wildman–Crippen MR) is 132 cm³/mol. The second kappa shape index (κ2) is 15.4. The molecular formula is C27H35Cl2N. The number of nitrogens with one attached hydrogen (secondary N) is 1. The van der Waals surface area contributed by atoms with E-state index in [2.05, 4.69) is 48.3 Å². The molecular weight excluding hydrogens is 409 g/mol. The highest BCUT2D eigenvalue weighted by Gasteiger charge is 2.00. The zero-order valence-corrected chi connectivity index (χ0v) is 19.8. The van der Waals surface area contributed by atoms with Crippen molar-refractivity contribution in [2.24, 2.45) is 0 Å². The van der Waals surface area contributed by atoms with Crippen LogP contribution in [0.4, 0.5) is 0 Å². The Morgan fingerprint density at radius 2 is 1.43 bits per heavy atom. The molecule has 2 aromatic rings. The van der Waals surface area contributed by atoms with Crippen molar-refractivity contribution in [2.75, 3.05) is 6.54 Å². The third kappa shape index (κ3) is 10.5. The van der Waals surface area contributed by atoms with Crippen LogP contribution in [0, 0.1) is 11.8 Å². The lowest BCUT2D eigenvalue weighted by Crippen LogP contribution is -2.16. The molecule has 0 spiro atoms. The van der Waals surface area contributed by atoms with Gasteiger partial charge >= 0.3 is 0 Å². The maximum Gasteiger partial charge on any atom is 0.0595 e.